The number of nitrogens with zero attached hydrogens (tertiary/aromatic N) is 2. The van der Waals surface area contributed by atoms with Gasteiger partial charge >= 0.3 is 0 Å². The number of nitrogens with one attached hydrogen (secondary N) is 1. The molecule has 2 N–H and O–H groups in total. The average molecular weight is 261 g/mol. The lowest BCUT2D eigenvalue weighted by molar-refractivity contribution is 0.0464. The monoisotopic (exact) mass is 261 g/mol. The molecule has 2 saturated carbocycles. The summed E-state index contributed by atoms with van der Waals surface area (Å²) in [7, 11) is 2.08. The molecule has 2 aliphatic rings. The van der Waals surface area contributed by atoms with Gasteiger partial charge in [-0.1, -0.05) is 6.07 Å². The molecule has 0 aliphatic heterocycles. The van der Waals surface area contributed by atoms with E-state index < -0.39 is 0 Å². The highest BCUT2D eigenvalue weighted by Crippen LogP contribution is 2.28. The van der Waals surface area contributed by atoms with Crippen LogP contribution in [0, 0.1) is 5.92 Å². The Bertz CT molecular complexity index is 410. The van der Waals surface area contributed by atoms with Crippen molar-refractivity contribution in [3.05, 3.63) is 23.9 Å². The van der Waals surface area contributed by atoms with Gasteiger partial charge in [0, 0.05) is 32.4 Å². The van der Waals surface area contributed by atoms with Crippen LogP contribution >= 0.6 is 0 Å². The van der Waals surface area contributed by atoms with Crippen LogP contribution in [0.5, 0.6) is 0 Å². The molecule has 0 spiro atoms. The first-order chi connectivity index (χ1) is 9.20. The molecule has 2 fully saturated rings. The van der Waals surface area contributed by atoms with Crippen LogP contribution in [0.25, 0.3) is 0 Å². The maximum atomic E-state index is 9.31. The fourth-order valence-corrected chi connectivity index (χ4v) is 2.63. The Morgan fingerprint density at radius 2 is 2.16 bits per heavy atom. The molecule has 1 aromatic heterocycles. The minimum atomic E-state index is -0.0674. The zero-order chi connectivity index (χ0) is 13.2. The Morgan fingerprint density at radius 1 is 1.37 bits per heavy atom. The van der Waals surface area contributed by atoms with Crippen LogP contribution in [0.1, 0.15) is 31.2 Å². The molecule has 0 saturated heterocycles. The Hall–Kier alpha value is -1.13. The van der Waals surface area contributed by atoms with Crippen LogP contribution in [0.2, 0.25) is 0 Å². The maximum absolute atomic E-state index is 9.31. The second-order valence-corrected chi connectivity index (χ2v) is 6.05. The van der Waals surface area contributed by atoms with Crippen LogP contribution < -0.4 is 10.2 Å². The first-order valence-electron chi connectivity index (χ1n) is 7.28. The van der Waals surface area contributed by atoms with Crippen LogP contribution in [0.3, 0.4) is 0 Å². The van der Waals surface area contributed by atoms with Gasteiger partial charge in [-0.3, -0.25) is 0 Å². The molecule has 1 aromatic rings. The zero-order valence-electron chi connectivity index (χ0n) is 11.5. The van der Waals surface area contributed by atoms with E-state index in [1.807, 2.05) is 6.20 Å². The fraction of sp³-hybridized carbons (Fsp3) is 0.667. The fourth-order valence-electron chi connectivity index (χ4n) is 2.63. The van der Waals surface area contributed by atoms with E-state index in [1.54, 1.807) is 0 Å². The van der Waals surface area contributed by atoms with Crippen molar-refractivity contribution in [2.24, 2.45) is 5.92 Å². The summed E-state index contributed by atoms with van der Waals surface area (Å²) in [6, 6.07) is 5.00. The minimum absolute atomic E-state index is 0.0674. The number of hydrogen-bond donors (Lipinski definition) is 2. The van der Waals surface area contributed by atoms with E-state index in [4.69, 9.17) is 0 Å². The molecule has 0 aromatic carbocycles. The van der Waals surface area contributed by atoms with Gasteiger partial charge < -0.3 is 15.3 Å². The first-order valence-corrected chi connectivity index (χ1v) is 7.28. The van der Waals surface area contributed by atoms with Gasteiger partial charge in [-0.05, 0) is 43.2 Å². The normalized spacial score (nSPS) is 26.0. The summed E-state index contributed by atoms with van der Waals surface area (Å²) >= 11 is 0. The molecule has 0 bridgehead atoms. The Morgan fingerprint density at radius 3 is 2.74 bits per heavy atom. The molecule has 0 atom stereocenters. The van der Waals surface area contributed by atoms with Crippen molar-refractivity contribution in [3.8, 4) is 0 Å². The van der Waals surface area contributed by atoms with Crippen molar-refractivity contribution < 1.29 is 5.11 Å². The van der Waals surface area contributed by atoms with Crippen LogP contribution in [0.15, 0.2) is 18.3 Å². The summed E-state index contributed by atoms with van der Waals surface area (Å²) in [4.78, 5) is 6.72. The standard InChI is InChI=1S/C15H23N3O/c1-18(10-12-6-14(19)7-12)15-5-2-11(9-17-15)8-16-13-3-4-13/h2,5,9,12-14,16,19H,3-4,6-8,10H2,1H3. The number of pyridine rings is 1. The lowest BCUT2D eigenvalue weighted by Crippen LogP contribution is -2.37. The van der Waals surface area contributed by atoms with Gasteiger partial charge in [0.1, 0.15) is 5.82 Å². The maximum Gasteiger partial charge on any atom is 0.128 e. The largest absolute Gasteiger partial charge is 0.393 e. The summed E-state index contributed by atoms with van der Waals surface area (Å²) in [6.45, 7) is 1.92. The average Bonchev–Trinajstić information content (AvgIpc) is 3.19. The number of rotatable bonds is 6. The van der Waals surface area contributed by atoms with Gasteiger partial charge in [0.05, 0.1) is 6.10 Å². The second-order valence-electron chi connectivity index (χ2n) is 6.05. The van der Waals surface area contributed by atoms with Crippen molar-refractivity contribution in [2.45, 2.75) is 44.4 Å². The summed E-state index contributed by atoms with van der Waals surface area (Å²) in [6.07, 6.45) is 6.42. The van der Waals surface area contributed by atoms with Crippen molar-refractivity contribution in [3.63, 3.8) is 0 Å². The first kappa shape index (κ1) is 12.9. The van der Waals surface area contributed by atoms with E-state index in [0.717, 1.165) is 37.8 Å². The zero-order valence-corrected chi connectivity index (χ0v) is 11.5. The Labute approximate surface area is 114 Å². The van der Waals surface area contributed by atoms with Crippen LogP contribution in [0.4, 0.5) is 5.82 Å². The molecule has 0 radical (unpaired) electrons. The lowest BCUT2D eigenvalue weighted by Gasteiger charge is -2.34. The molecule has 104 valence electrons. The molecule has 3 rings (SSSR count). The SMILES string of the molecule is CN(CC1CC(O)C1)c1ccc(CNC2CC2)cn1. The molecular weight excluding hydrogens is 238 g/mol. The van der Waals surface area contributed by atoms with Crippen LogP contribution in [-0.2, 0) is 6.54 Å². The Balaban J connectivity index is 1.49. The molecule has 2 aliphatic carbocycles. The quantitative estimate of drug-likeness (QED) is 0.815. The molecular formula is C15H23N3O. The molecule has 1 heterocycles. The van der Waals surface area contributed by atoms with E-state index in [1.165, 1.54) is 18.4 Å². The number of hydrogen-bond acceptors (Lipinski definition) is 4. The molecule has 0 unspecified atom stereocenters. The van der Waals surface area contributed by atoms with Crippen molar-refractivity contribution in [2.75, 3.05) is 18.5 Å². The lowest BCUT2D eigenvalue weighted by atomic mass is 9.82. The summed E-state index contributed by atoms with van der Waals surface area (Å²) in [5.74, 6) is 1.65. The summed E-state index contributed by atoms with van der Waals surface area (Å²) in [5.41, 5.74) is 1.25. The third-order valence-corrected chi connectivity index (χ3v) is 4.12. The van der Waals surface area contributed by atoms with Gasteiger partial charge in [-0.2, -0.15) is 0 Å². The van der Waals surface area contributed by atoms with Gasteiger partial charge in [0.25, 0.3) is 0 Å². The highest BCUT2D eigenvalue weighted by molar-refractivity contribution is 5.38. The summed E-state index contributed by atoms with van der Waals surface area (Å²) in [5, 5.41) is 12.8. The number of anilines is 1. The third-order valence-electron chi connectivity index (χ3n) is 4.12. The van der Waals surface area contributed by atoms with E-state index in [0.29, 0.717) is 5.92 Å². The van der Waals surface area contributed by atoms with E-state index in [2.05, 4.69) is 34.4 Å². The van der Waals surface area contributed by atoms with Crippen LogP contribution in [-0.4, -0.2) is 35.8 Å². The molecule has 0 amide bonds. The number of aromatic nitrogens is 1. The number of aliphatic hydroxyl groups is 1. The molecule has 4 heteroatoms. The van der Waals surface area contributed by atoms with E-state index in [9.17, 15) is 5.11 Å². The highest BCUT2D eigenvalue weighted by atomic mass is 16.3. The van der Waals surface area contributed by atoms with Crippen molar-refractivity contribution in [1.29, 1.82) is 0 Å². The minimum Gasteiger partial charge on any atom is -0.393 e. The third kappa shape index (κ3) is 3.45. The Kier molecular flexibility index (Phi) is 3.71. The van der Waals surface area contributed by atoms with E-state index in [-0.39, 0.29) is 6.10 Å². The topological polar surface area (TPSA) is 48.4 Å². The van der Waals surface area contributed by atoms with Gasteiger partial charge in [0.15, 0.2) is 0 Å². The second kappa shape index (κ2) is 5.47. The van der Waals surface area contributed by atoms with Gasteiger partial charge in [-0.15, -0.1) is 0 Å². The highest BCUT2D eigenvalue weighted by Gasteiger charge is 2.28. The predicted octanol–water partition coefficient (Wildman–Crippen LogP) is 1.54. The van der Waals surface area contributed by atoms with Crippen molar-refractivity contribution in [1.82, 2.24) is 10.3 Å². The van der Waals surface area contributed by atoms with E-state index >= 15 is 0 Å². The van der Waals surface area contributed by atoms with Gasteiger partial charge in [-0.25, -0.2) is 4.98 Å². The predicted molar refractivity (Wildman–Crippen MR) is 76.1 cm³/mol. The molecule has 4 nitrogen and oxygen atoms in total. The van der Waals surface area contributed by atoms with Gasteiger partial charge in [0.2, 0.25) is 0 Å². The smallest absolute Gasteiger partial charge is 0.128 e. The molecule has 19 heavy (non-hydrogen) atoms. The van der Waals surface area contributed by atoms with Crippen molar-refractivity contribution >= 4 is 5.82 Å². The number of aliphatic hydroxyl groups excluding tert-OH is 1. The summed E-state index contributed by atoms with van der Waals surface area (Å²) < 4.78 is 0.